The van der Waals surface area contributed by atoms with E-state index in [4.69, 9.17) is 4.74 Å². The van der Waals surface area contributed by atoms with Gasteiger partial charge in [0.1, 0.15) is 0 Å². The topological polar surface area (TPSA) is 29.5 Å². The predicted octanol–water partition coefficient (Wildman–Crippen LogP) is 2.02. The van der Waals surface area contributed by atoms with Gasteiger partial charge in [0.25, 0.3) is 0 Å². The lowest BCUT2D eigenvalue weighted by Crippen LogP contribution is -2.34. The Morgan fingerprint density at radius 3 is 2.67 bits per heavy atom. The molecule has 82 valence electrons. The van der Waals surface area contributed by atoms with Crippen molar-refractivity contribution in [3.63, 3.8) is 0 Å². The maximum absolute atomic E-state index is 9.57. The van der Waals surface area contributed by atoms with E-state index in [-0.39, 0.29) is 18.1 Å². The Hall–Kier alpha value is -0.860. The molecule has 0 bridgehead atoms. The zero-order chi connectivity index (χ0) is 10.7. The monoisotopic (exact) mass is 206 g/mol. The van der Waals surface area contributed by atoms with Gasteiger partial charge in [-0.25, -0.2) is 0 Å². The second kappa shape index (κ2) is 4.33. The van der Waals surface area contributed by atoms with Gasteiger partial charge in [0.2, 0.25) is 0 Å². The highest BCUT2D eigenvalue weighted by Crippen LogP contribution is 2.37. The minimum Gasteiger partial charge on any atom is -0.396 e. The van der Waals surface area contributed by atoms with E-state index < -0.39 is 0 Å². The number of aliphatic hydroxyl groups is 1. The van der Waals surface area contributed by atoms with Crippen LogP contribution in [-0.4, -0.2) is 24.4 Å². The van der Waals surface area contributed by atoms with E-state index in [1.165, 1.54) is 5.56 Å². The Morgan fingerprint density at radius 2 is 2.13 bits per heavy atom. The molecule has 0 aromatic heterocycles. The molecule has 0 aliphatic carbocycles. The Morgan fingerprint density at radius 1 is 1.40 bits per heavy atom. The number of hydrogen-bond donors (Lipinski definition) is 1. The van der Waals surface area contributed by atoms with Crippen molar-refractivity contribution < 1.29 is 9.84 Å². The zero-order valence-electron chi connectivity index (χ0n) is 9.15. The van der Waals surface area contributed by atoms with Gasteiger partial charge in [-0.05, 0) is 25.3 Å². The summed E-state index contributed by atoms with van der Waals surface area (Å²) in [5.74, 6) is 0. The van der Waals surface area contributed by atoms with Gasteiger partial charge in [-0.15, -0.1) is 0 Å². The van der Waals surface area contributed by atoms with Crippen LogP contribution in [0.5, 0.6) is 0 Å². The molecule has 1 aromatic rings. The van der Waals surface area contributed by atoms with Gasteiger partial charge < -0.3 is 9.84 Å². The number of hydrogen-bond acceptors (Lipinski definition) is 2. The molecule has 1 fully saturated rings. The molecule has 15 heavy (non-hydrogen) atoms. The first-order chi connectivity index (χ1) is 7.27. The molecule has 2 heteroatoms. The van der Waals surface area contributed by atoms with Crippen LogP contribution in [0.1, 0.15) is 18.9 Å². The maximum Gasteiger partial charge on any atom is 0.0629 e. The highest BCUT2D eigenvalue weighted by molar-refractivity contribution is 5.17. The number of benzene rings is 1. The molecular formula is C13H18O2. The molecule has 1 aliphatic heterocycles. The zero-order valence-corrected chi connectivity index (χ0v) is 9.15. The highest BCUT2D eigenvalue weighted by atomic mass is 16.5. The average Bonchev–Trinajstić information content (AvgIpc) is 2.62. The van der Waals surface area contributed by atoms with Gasteiger partial charge >= 0.3 is 0 Å². The minimum atomic E-state index is -0.0681. The van der Waals surface area contributed by atoms with Crippen LogP contribution in [-0.2, 0) is 11.2 Å². The van der Waals surface area contributed by atoms with E-state index >= 15 is 0 Å². The number of aliphatic hydroxyl groups excluding tert-OH is 1. The third kappa shape index (κ3) is 2.06. The molecule has 1 N–H and O–H groups in total. The minimum absolute atomic E-state index is 0.0681. The Balaban J connectivity index is 2.15. The fraction of sp³-hybridized carbons (Fsp3) is 0.538. The molecule has 2 rings (SSSR count). The molecule has 2 unspecified atom stereocenters. The van der Waals surface area contributed by atoms with Gasteiger partial charge in [0, 0.05) is 12.0 Å². The van der Waals surface area contributed by atoms with E-state index in [0.717, 1.165) is 19.4 Å². The van der Waals surface area contributed by atoms with E-state index in [1.54, 1.807) is 0 Å². The molecule has 2 atom stereocenters. The molecule has 1 aliphatic rings. The fourth-order valence-electron chi connectivity index (χ4n) is 2.32. The lowest BCUT2D eigenvalue weighted by atomic mass is 9.77. The van der Waals surface area contributed by atoms with Crippen molar-refractivity contribution in [2.75, 3.05) is 13.2 Å². The Labute approximate surface area is 90.9 Å². The van der Waals surface area contributed by atoms with Crippen LogP contribution >= 0.6 is 0 Å². The van der Waals surface area contributed by atoms with Gasteiger partial charge in [-0.2, -0.15) is 0 Å². The van der Waals surface area contributed by atoms with Crippen molar-refractivity contribution >= 4 is 0 Å². The summed E-state index contributed by atoms with van der Waals surface area (Å²) in [4.78, 5) is 0. The summed E-state index contributed by atoms with van der Waals surface area (Å²) in [5.41, 5.74) is 1.21. The van der Waals surface area contributed by atoms with Gasteiger partial charge in [0.15, 0.2) is 0 Å². The van der Waals surface area contributed by atoms with Crippen LogP contribution in [0.4, 0.5) is 0 Å². The van der Waals surface area contributed by atoms with E-state index in [9.17, 15) is 5.11 Å². The molecule has 0 saturated carbocycles. The fourth-order valence-corrected chi connectivity index (χ4v) is 2.32. The van der Waals surface area contributed by atoms with Gasteiger partial charge in [-0.3, -0.25) is 0 Å². The summed E-state index contributed by atoms with van der Waals surface area (Å²) in [6.07, 6.45) is 2.02. The Kier molecular flexibility index (Phi) is 3.08. The van der Waals surface area contributed by atoms with Crippen LogP contribution in [0, 0.1) is 5.41 Å². The van der Waals surface area contributed by atoms with Crippen molar-refractivity contribution in [2.24, 2.45) is 5.41 Å². The first kappa shape index (κ1) is 10.7. The van der Waals surface area contributed by atoms with Crippen molar-refractivity contribution in [3.05, 3.63) is 35.9 Å². The van der Waals surface area contributed by atoms with E-state index in [2.05, 4.69) is 19.1 Å². The van der Waals surface area contributed by atoms with E-state index in [1.807, 2.05) is 18.2 Å². The van der Waals surface area contributed by atoms with Crippen LogP contribution < -0.4 is 0 Å². The molecule has 0 radical (unpaired) electrons. The largest absolute Gasteiger partial charge is 0.396 e. The first-order valence-corrected chi connectivity index (χ1v) is 5.53. The summed E-state index contributed by atoms with van der Waals surface area (Å²) in [5, 5.41) is 9.57. The first-order valence-electron chi connectivity index (χ1n) is 5.53. The van der Waals surface area contributed by atoms with Crippen molar-refractivity contribution in [1.82, 2.24) is 0 Å². The van der Waals surface area contributed by atoms with E-state index in [0.29, 0.717) is 0 Å². The smallest absolute Gasteiger partial charge is 0.0629 e. The van der Waals surface area contributed by atoms with Crippen LogP contribution in [0.15, 0.2) is 30.3 Å². The maximum atomic E-state index is 9.57. The molecule has 0 amide bonds. The molecule has 2 nitrogen and oxygen atoms in total. The second-order valence-corrected chi connectivity index (χ2v) is 4.45. The van der Waals surface area contributed by atoms with Gasteiger partial charge in [0.05, 0.1) is 12.7 Å². The lowest BCUT2D eigenvalue weighted by molar-refractivity contribution is 0.0272. The van der Waals surface area contributed by atoms with Crippen LogP contribution in [0.25, 0.3) is 0 Å². The second-order valence-electron chi connectivity index (χ2n) is 4.45. The lowest BCUT2D eigenvalue weighted by Gasteiger charge is -2.30. The molecule has 1 saturated heterocycles. The van der Waals surface area contributed by atoms with Crippen molar-refractivity contribution in [3.8, 4) is 0 Å². The summed E-state index contributed by atoms with van der Waals surface area (Å²) in [6.45, 7) is 3.05. The third-order valence-electron chi connectivity index (χ3n) is 3.54. The number of rotatable bonds is 3. The summed E-state index contributed by atoms with van der Waals surface area (Å²) < 4.78 is 5.57. The van der Waals surface area contributed by atoms with Crippen LogP contribution in [0.3, 0.4) is 0 Å². The summed E-state index contributed by atoms with van der Waals surface area (Å²) in [7, 11) is 0. The molecular weight excluding hydrogens is 188 g/mol. The van der Waals surface area contributed by atoms with Crippen molar-refractivity contribution in [1.29, 1.82) is 0 Å². The SMILES string of the molecule is CC1OCCC1(CO)Cc1ccccc1. The van der Waals surface area contributed by atoms with Crippen LogP contribution in [0.2, 0.25) is 0 Å². The summed E-state index contributed by atoms with van der Waals surface area (Å²) >= 11 is 0. The highest BCUT2D eigenvalue weighted by Gasteiger charge is 2.40. The predicted molar refractivity (Wildman–Crippen MR) is 59.7 cm³/mol. The Bertz CT molecular complexity index is 310. The number of ether oxygens (including phenoxy) is 1. The third-order valence-corrected chi connectivity index (χ3v) is 3.54. The van der Waals surface area contributed by atoms with Crippen molar-refractivity contribution in [2.45, 2.75) is 25.9 Å². The summed E-state index contributed by atoms with van der Waals surface area (Å²) in [6, 6.07) is 10.3. The molecule has 1 aromatic carbocycles. The molecule has 0 spiro atoms. The molecule has 1 heterocycles. The normalized spacial score (nSPS) is 30.7. The quantitative estimate of drug-likeness (QED) is 0.819. The average molecular weight is 206 g/mol. The van der Waals surface area contributed by atoms with Gasteiger partial charge in [-0.1, -0.05) is 30.3 Å². The standard InChI is InChI=1S/C13H18O2/c1-11-13(10-14,7-8-15-11)9-12-5-3-2-4-6-12/h2-6,11,14H,7-10H2,1H3.